The van der Waals surface area contributed by atoms with Gasteiger partial charge in [0.15, 0.2) is 5.82 Å². The quantitative estimate of drug-likeness (QED) is 0.857. The molecule has 2 aliphatic rings. The summed E-state index contributed by atoms with van der Waals surface area (Å²) in [6.45, 7) is 2.29. The summed E-state index contributed by atoms with van der Waals surface area (Å²) in [5.41, 5.74) is 0.105. The van der Waals surface area contributed by atoms with Crippen molar-refractivity contribution < 1.29 is 9.18 Å². The van der Waals surface area contributed by atoms with Gasteiger partial charge in [0.05, 0.1) is 11.8 Å². The van der Waals surface area contributed by atoms with Crippen LogP contribution >= 0.6 is 0 Å². The third-order valence-corrected chi connectivity index (χ3v) is 5.50. The Morgan fingerprint density at radius 1 is 1.24 bits per heavy atom. The molecule has 1 saturated carbocycles. The Bertz CT molecular complexity index is 755. The molecule has 2 aromatic heterocycles. The van der Waals surface area contributed by atoms with Crippen LogP contribution in [0.3, 0.4) is 0 Å². The van der Waals surface area contributed by atoms with Crippen LogP contribution in [0.4, 0.5) is 4.39 Å². The van der Waals surface area contributed by atoms with E-state index in [1.807, 2.05) is 6.20 Å². The van der Waals surface area contributed by atoms with E-state index in [9.17, 15) is 9.18 Å². The van der Waals surface area contributed by atoms with Crippen molar-refractivity contribution in [2.75, 3.05) is 13.1 Å². The summed E-state index contributed by atoms with van der Waals surface area (Å²) >= 11 is 0. The van der Waals surface area contributed by atoms with E-state index in [2.05, 4.69) is 20.7 Å². The van der Waals surface area contributed by atoms with Crippen molar-refractivity contribution in [1.29, 1.82) is 0 Å². The van der Waals surface area contributed by atoms with E-state index in [1.165, 1.54) is 31.5 Å². The van der Waals surface area contributed by atoms with Gasteiger partial charge in [0.1, 0.15) is 5.82 Å². The third-order valence-electron chi connectivity index (χ3n) is 5.50. The molecule has 2 aromatic rings. The second-order valence-electron chi connectivity index (χ2n) is 7.18. The highest BCUT2D eigenvalue weighted by Gasteiger charge is 2.29. The summed E-state index contributed by atoms with van der Waals surface area (Å²) in [6, 6.07) is 1.46. The summed E-state index contributed by atoms with van der Waals surface area (Å²) in [5.74, 6) is 1.25. The SMILES string of the molecule is O=C(c1ccncc1F)N1CCC[C@H](c2nccn2CC2CCC2)C1. The van der Waals surface area contributed by atoms with Crippen molar-refractivity contribution in [3.8, 4) is 0 Å². The number of hydrogen-bond donors (Lipinski definition) is 0. The Hall–Kier alpha value is -2.24. The average Bonchev–Trinajstić information content (AvgIpc) is 3.06. The van der Waals surface area contributed by atoms with Gasteiger partial charge in [0.2, 0.25) is 0 Å². The monoisotopic (exact) mass is 342 g/mol. The molecule has 2 fully saturated rings. The van der Waals surface area contributed by atoms with Crippen LogP contribution in [0.2, 0.25) is 0 Å². The number of pyridine rings is 1. The van der Waals surface area contributed by atoms with Crippen LogP contribution in [0.15, 0.2) is 30.9 Å². The predicted octanol–water partition coefficient (Wildman–Crippen LogP) is 3.24. The van der Waals surface area contributed by atoms with Crippen molar-refractivity contribution in [2.24, 2.45) is 5.92 Å². The van der Waals surface area contributed by atoms with Gasteiger partial charge in [-0.1, -0.05) is 6.42 Å². The largest absolute Gasteiger partial charge is 0.338 e. The van der Waals surface area contributed by atoms with Crippen LogP contribution in [0.1, 0.15) is 54.2 Å². The van der Waals surface area contributed by atoms with Crippen molar-refractivity contribution >= 4 is 5.91 Å². The Balaban J connectivity index is 1.49. The van der Waals surface area contributed by atoms with E-state index in [1.54, 1.807) is 4.90 Å². The number of hydrogen-bond acceptors (Lipinski definition) is 3. The Kier molecular flexibility index (Phi) is 4.51. The van der Waals surface area contributed by atoms with Crippen LogP contribution in [0, 0.1) is 11.7 Å². The molecule has 4 rings (SSSR count). The normalized spacial score (nSPS) is 21.2. The summed E-state index contributed by atoms with van der Waals surface area (Å²) in [5, 5.41) is 0. The molecule has 0 radical (unpaired) electrons. The van der Waals surface area contributed by atoms with E-state index in [-0.39, 0.29) is 17.4 Å². The van der Waals surface area contributed by atoms with Gasteiger partial charge in [-0.3, -0.25) is 9.78 Å². The first kappa shape index (κ1) is 16.2. The number of likely N-dealkylation sites (tertiary alicyclic amines) is 1. The van der Waals surface area contributed by atoms with Gasteiger partial charge in [0.25, 0.3) is 5.91 Å². The second-order valence-corrected chi connectivity index (χ2v) is 7.18. The van der Waals surface area contributed by atoms with E-state index >= 15 is 0 Å². The standard InChI is InChI=1S/C19H23FN4O/c20-17-11-21-7-6-16(17)19(25)24-9-2-5-15(13-24)18-22-8-10-23(18)12-14-3-1-4-14/h6-8,10-11,14-15H,1-5,9,12-13H2/t15-/m0/s1. The molecule has 1 saturated heterocycles. The molecule has 132 valence electrons. The molecule has 5 nitrogen and oxygen atoms in total. The highest BCUT2D eigenvalue weighted by atomic mass is 19.1. The molecule has 1 amide bonds. The first-order valence-corrected chi connectivity index (χ1v) is 9.12. The maximum atomic E-state index is 13.9. The molecule has 1 atom stereocenters. The minimum Gasteiger partial charge on any atom is -0.338 e. The second kappa shape index (κ2) is 6.94. The lowest BCUT2D eigenvalue weighted by atomic mass is 9.85. The molecule has 0 spiro atoms. The zero-order valence-electron chi connectivity index (χ0n) is 14.3. The molecule has 25 heavy (non-hydrogen) atoms. The fraction of sp³-hybridized carbons (Fsp3) is 0.526. The number of rotatable bonds is 4. The van der Waals surface area contributed by atoms with Crippen LogP contribution in [0.5, 0.6) is 0 Å². The maximum Gasteiger partial charge on any atom is 0.256 e. The zero-order valence-corrected chi connectivity index (χ0v) is 14.3. The lowest BCUT2D eigenvalue weighted by molar-refractivity contribution is 0.0697. The molecule has 3 heterocycles. The molecular weight excluding hydrogens is 319 g/mol. The minimum absolute atomic E-state index is 0.105. The van der Waals surface area contributed by atoms with Crippen molar-refractivity contribution in [2.45, 2.75) is 44.6 Å². The molecule has 6 heteroatoms. The molecule has 0 aromatic carbocycles. The summed E-state index contributed by atoms with van der Waals surface area (Å²) in [7, 11) is 0. The van der Waals surface area contributed by atoms with Crippen LogP contribution in [-0.2, 0) is 6.54 Å². The fourth-order valence-corrected chi connectivity index (χ4v) is 3.88. The van der Waals surface area contributed by atoms with E-state index in [0.29, 0.717) is 13.1 Å². The van der Waals surface area contributed by atoms with Gasteiger partial charge in [-0.05, 0) is 37.7 Å². The van der Waals surface area contributed by atoms with Crippen LogP contribution in [-0.4, -0.2) is 38.4 Å². The first-order valence-electron chi connectivity index (χ1n) is 9.12. The van der Waals surface area contributed by atoms with Crippen LogP contribution in [0.25, 0.3) is 0 Å². The topological polar surface area (TPSA) is 51.0 Å². The smallest absolute Gasteiger partial charge is 0.256 e. The summed E-state index contributed by atoms with van der Waals surface area (Å²) in [6.07, 6.45) is 12.3. The number of nitrogens with zero attached hydrogens (tertiary/aromatic N) is 4. The number of carbonyl (C=O) groups is 1. The molecule has 0 unspecified atom stereocenters. The van der Waals surface area contributed by atoms with Gasteiger partial charge in [-0.25, -0.2) is 9.37 Å². The number of imidazole rings is 1. The highest BCUT2D eigenvalue weighted by Crippen LogP contribution is 2.31. The molecular formula is C19H23FN4O. The average molecular weight is 342 g/mol. The lowest BCUT2D eigenvalue weighted by Crippen LogP contribution is -2.40. The van der Waals surface area contributed by atoms with Gasteiger partial charge in [0, 0.05) is 44.1 Å². The van der Waals surface area contributed by atoms with Gasteiger partial charge >= 0.3 is 0 Å². The Morgan fingerprint density at radius 2 is 2.12 bits per heavy atom. The fourth-order valence-electron chi connectivity index (χ4n) is 3.88. The molecule has 0 N–H and O–H groups in total. The maximum absolute atomic E-state index is 13.9. The van der Waals surface area contributed by atoms with E-state index < -0.39 is 5.82 Å². The first-order chi connectivity index (χ1) is 12.2. The minimum atomic E-state index is -0.555. The highest BCUT2D eigenvalue weighted by molar-refractivity contribution is 5.94. The number of aromatic nitrogens is 3. The third kappa shape index (κ3) is 3.30. The van der Waals surface area contributed by atoms with Crippen molar-refractivity contribution in [1.82, 2.24) is 19.4 Å². The zero-order chi connectivity index (χ0) is 17.2. The lowest BCUT2D eigenvalue weighted by Gasteiger charge is -2.33. The molecule has 0 bridgehead atoms. The van der Waals surface area contributed by atoms with Gasteiger partial charge in [-0.2, -0.15) is 0 Å². The molecule has 1 aliphatic heterocycles. The van der Waals surface area contributed by atoms with Gasteiger partial charge < -0.3 is 9.47 Å². The predicted molar refractivity (Wildman–Crippen MR) is 91.6 cm³/mol. The van der Waals surface area contributed by atoms with Crippen LogP contribution < -0.4 is 0 Å². The van der Waals surface area contributed by atoms with Gasteiger partial charge in [-0.15, -0.1) is 0 Å². The number of amides is 1. The Morgan fingerprint density at radius 3 is 2.88 bits per heavy atom. The number of carbonyl (C=O) groups excluding carboxylic acids is 1. The summed E-state index contributed by atoms with van der Waals surface area (Å²) in [4.78, 5) is 22.7. The van der Waals surface area contributed by atoms with Crippen molar-refractivity contribution in [3.63, 3.8) is 0 Å². The van der Waals surface area contributed by atoms with Crippen molar-refractivity contribution in [3.05, 3.63) is 48.1 Å². The molecule has 1 aliphatic carbocycles. The number of halogens is 1. The van der Waals surface area contributed by atoms with E-state index in [4.69, 9.17) is 0 Å². The Labute approximate surface area is 146 Å². The summed E-state index contributed by atoms with van der Waals surface area (Å²) < 4.78 is 16.2. The van der Waals surface area contributed by atoms with E-state index in [0.717, 1.165) is 37.3 Å². The number of piperidine rings is 1.